The van der Waals surface area contributed by atoms with E-state index in [9.17, 15) is 9.90 Å². The molecule has 4 rings (SSSR count). The minimum atomic E-state index is -1.12. The zero-order valence-electron chi connectivity index (χ0n) is 21.7. The molecule has 1 fully saturated rings. The monoisotopic (exact) mass is 560 g/mol. The summed E-state index contributed by atoms with van der Waals surface area (Å²) >= 11 is 12.6. The molecule has 0 radical (unpaired) electrons. The first kappa shape index (κ1) is 28.6. The number of pyridine rings is 1. The van der Waals surface area contributed by atoms with E-state index in [2.05, 4.69) is 9.88 Å². The van der Waals surface area contributed by atoms with Crippen LogP contribution in [-0.4, -0.2) is 47.7 Å². The van der Waals surface area contributed by atoms with Crippen molar-refractivity contribution in [1.29, 1.82) is 0 Å². The van der Waals surface area contributed by atoms with Crippen molar-refractivity contribution in [3.63, 3.8) is 0 Å². The van der Waals surface area contributed by atoms with E-state index in [-0.39, 0.29) is 12.3 Å². The van der Waals surface area contributed by atoms with Crippen molar-refractivity contribution < 1.29 is 19.0 Å². The number of nitrogens with zero attached hydrogens (tertiary/aromatic N) is 2. The van der Waals surface area contributed by atoms with Gasteiger partial charge in [0.15, 0.2) is 0 Å². The SMILES string of the molecule is COc1ccc2nccc(C(F)CC[C@@H]3CCN(CCCc4c(Cl)cccc4Cl)C[C@@H]3CCC(=O)O)c2c1. The number of benzene rings is 2. The molecule has 0 amide bonds. The number of fused-ring (bicyclic) bond motifs is 1. The van der Waals surface area contributed by atoms with Gasteiger partial charge in [-0.25, -0.2) is 4.39 Å². The Morgan fingerprint density at radius 3 is 2.71 bits per heavy atom. The highest BCUT2D eigenvalue weighted by Crippen LogP contribution is 2.37. The van der Waals surface area contributed by atoms with Crippen LogP contribution in [0.25, 0.3) is 10.9 Å². The minimum Gasteiger partial charge on any atom is -0.497 e. The first-order valence-corrected chi connectivity index (χ1v) is 14.0. The van der Waals surface area contributed by atoms with Crippen LogP contribution in [0.5, 0.6) is 5.75 Å². The standard InChI is InChI=1S/C30H35Cl2FN2O3/c1-38-22-9-11-29-25(18-22)23(13-15-34-29)28(33)10-7-20-14-17-35(19-21(20)8-12-30(36)37)16-3-4-24-26(31)5-2-6-27(24)32/h2,5-6,9,11,13,15,18,20-21,28H,3-4,7-8,10,12,14,16-17,19H2,1H3,(H,36,37)/t20-,21+,28?/m1/s1. The van der Waals surface area contributed by atoms with Crippen LogP contribution < -0.4 is 4.74 Å². The zero-order chi connectivity index (χ0) is 27.1. The van der Waals surface area contributed by atoms with Crippen molar-refractivity contribution in [3.8, 4) is 5.75 Å². The highest BCUT2D eigenvalue weighted by Gasteiger charge is 2.30. The maximum absolute atomic E-state index is 15.6. The molecule has 1 aliphatic rings. The van der Waals surface area contributed by atoms with Gasteiger partial charge in [-0.15, -0.1) is 0 Å². The van der Waals surface area contributed by atoms with Crippen LogP contribution >= 0.6 is 23.2 Å². The first-order chi connectivity index (χ1) is 18.4. The molecule has 0 spiro atoms. The Hall–Kier alpha value is -2.41. The van der Waals surface area contributed by atoms with Crippen molar-refractivity contribution in [3.05, 3.63) is 69.8 Å². The van der Waals surface area contributed by atoms with Gasteiger partial charge < -0.3 is 14.7 Å². The van der Waals surface area contributed by atoms with Crippen LogP contribution in [0.1, 0.15) is 55.8 Å². The van der Waals surface area contributed by atoms with Crippen LogP contribution in [0.4, 0.5) is 4.39 Å². The summed E-state index contributed by atoms with van der Waals surface area (Å²) in [7, 11) is 1.60. The van der Waals surface area contributed by atoms with Gasteiger partial charge in [0.05, 0.1) is 12.6 Å². The molecule has 1 N–H and O–H groups in total. The highest BCUT2D eigenvalue weighted by molar-refractivity contribution is 6.35. The maximum atomic E-state index is 15.6. The Bertz CT molecular complexity index is 1220. The lowest BCUT2D eigenvalue weighted by Crippen LogP contribution is -2.41. The van der Waals surface area contributed by atoms with Crippen LogP contribution in [-0.2, 0) is 11.2 Å². The molecule has 1 saturated heterocycles. The van der Waals surface area contributed by atoms with Crippen LogP contribution in [0, 0.1) is 11.8 Å². The summed E-state index contributed by atoms with van der Waals surface area (Å²) in [4.78, 5) is 18.1. The first-order valence-electron chi connectivity index (χ1n) is 13.3. The number of likely N-dealkylation sites (tertiary alicyclic amines) is 1. The zero-order valence-corrected chi connectivity index (χ0v) is 23.2. The molecule has 0 saturated carbocycles. The molecule has 38 heavy (non-hydrogen) atoms. The summed E-state index contributed by atoms with van der Waals surface area (Å²) in [6.45, 7) is 2.66. The topological polar surface area (TPSA) is 62.7 Å². The van der Waals surface area contributed by atoms with E-state index in [4.69, 9.17) is 27.9 Å². The molecule has 0 aliphatic carbocycles. The molecular formula is C30H35Cl2FN2O3. The van der Waals surface area contributed by atoms with Crippen LogP contribution in [0.15, 0.2) is 48.7 Å². The molecule has 5 nitrogen and oxygen atoms in total. The number of rotatable bonds is 12. The number of carbonyl (C=O) groups is 1. The normalized spacial score (nSPS) is 18.9. The van der Waals surface area contributed by atoms with E-state index >= 15 is 4.39 Å². The second kappa shape index (κ2) is 13.6. The Morgan fingerprint density at radius 2 is 1.97 bits per heavy atom. The average molecular weight is 562 g/mol. The lowest BCUT2D eigenvalue weighted by Gasteiger charge is -2.39. The van der Waals surface area contributed by atoms with E-state index in [1.807, 2.05) is 36.4 Å². The van der Waals surface area contributed by atoms with Crippen molar-refractivity contribution in [1.82, 2.24) is 9.88 Å². The number of hydrogen-bond donors (Lipinski definition) is 1. The number of halogens is 3. The largest absolute Gasteiger partial charge is 0.497 e. The van der Waals surface area contributed by atoms with Gasteiger partial charge >= 0.3 is 5.97 Å². The molecular weight excluding hydrogens is 526 g/mol. The molecule has 2 heterocycles. The van der Waals surface area contributed by atoms with E-state index in [0.29, 0.717) is 40.1 Å². The number of carboxylic acid groups (broad SMARTS) is 1. The van der Waals surface area contributed by atoms with Gasteiger partial charge in [0.25, 0.3) is 0 Å². The van der Waals surface area contributed by atoms with E-state index in [0.717, 1.165) is 61.8 Å². The Labute approximate surface area is 233 Å². The number of aromatic nitrogens is 1. The summed E-state index contributed by atoms with van der Waals surface area (Å²) in [5.41, 5.74) is 2.35. The van der Waals surface area contributed by atoms with E-state index < -0.39 is 12.1 Å². The Balaban J connectivity index is 1.36. The Kier molecular flexibility index (Phi) is 10.2. The summed E-state index contributed by atoms with van der Waals surface area (Å²) in [5, 5.41) is 11.5. The van der Waals surface area contributed by atoms with Gasteiger partial charge in [0.1, 0.15) is 11.9 Å². The van der Waals surface area contributed by atoms with Crippen molar-refractivity contribution in [2.45, 2.75) is 51.1 Å². The second-order valence-corrected chi connectivity index (χ2v) is 11.0. The summed E-state index contributed by atoms with van der Waals surface area (Å²) in [6, 6.07) is 12.8. The van der Waals surface area contributed by atoms with Gasteiger partial charge in [-0.3, -0.25) is 9.78 Å². The molecule has 0 bridgehead atoms. The molecule has 2 aromatic carbocycles. The molecule has 1 unspecified atom stereocenters. The minimum absolute atomic E-state index is 0.137. The summed E-state index contributed by atoms with van der Waals surface area (Å²) in [6.07, 6.45) is 5.06. The lowest BCUT2D eigenvalue weighted by molar-refractivity contribution is -0.137. The number of alkyl halides is 1. The van der Waals surface area contributed by atoms with Crippen molar-refractivity contribution in [2.24, 2.45) is 11.8 Å². The predicted molar refractivity (Wildman–Crippen MR) is 151 cm³/mol. The highest BCUT2D eigenvalue weighted by atomic mass is 35.5. The third-order valence-electron chi connectivity index (χ3n) is 7.78. The van der Waals surface area contributed by atoms with Crippen LogP contribution in [0.3, 0.4) is 0 Å². The molecule has 204 valence electrons. The third kappa shape index (κ3) is 7.37. The van der Waals surface area contributed by atoms with Crippen molar-refractivity contribution in [2.75, 3.05) is 26.7 Å². The second-order valence-electron chi connectivity index (χ2n) is 10.2. The quantitative estimate of drug-likeness (QED) is 0.245. The Morgan fingerprint density at radius 1 is 1.18 bits per heavy atom. The fourth-order valence-electron chi connectivity index (χ4n) is 5.69. The fraction of sp³-hybridized carbons (Fsp3) is 0.467. The predicted octanol–water partition coefficient (Wildman–Crippen LogP) is 7.78. The van der Waals surface area contributed by atoms with E-state index in [1.165, 1.54) is 0 Å². The third-order valence-corrected chi connectivity index (χ3v) is 8.49. The molecule has 1 aromatic heterocycles. The van der Waals surface area contributed by atoms with Gasteiger partial charge in [-0.2, -0.15) is 0 Å². The molecule has 3 atom stereocenters. The van der Waals surface area contributed by atoms with Crippen molar-refractivity contribution >= 4 is 40.1 Å². The summed E-state index contributed by atoms with van der Waals surface area (Å²) < 4.78 is 20.9. The number of methoxy groups -OCH3 is 1. The lowest BCUT2D eigenvalue weighted by atomic mass is 9.79. The summed E-state index contributed by atoms with van der Waals surface area (Å²) in [5.74, 6) is 0.418. The molecule has 3 aromatic rings. The number of piperidine rings is 1. The van der Waals surface area contributed by atoms with Gasteiger partial charge in [-0.1, -0.05) is 29.3 Å². The van der Waals surface area contributed by atoms with E-state index in [1.54, 1.807) is 19.4 Å². The van der Waals surface area contributed by atoms with Gasteiger partial charge in [0, 0.05) is 34.6 Å². The fourth-order valence-corrected chi connectivity index (χ4v) is 6.27. The number of ether oxygens (including phenoxy) is 1. The number of carboxylic acids is 1. The van der Waals surface area contributed by atoms with Gasteiger partial charge in [0.2, 0.25) is 0 Å². The average Bonchev–Trinajstić information content (AvgIpc) is 2.92. The smallest absolute Gasteiger partial charge is 0.303 e. The van der Waals surface area contributed by atoms with Crippen LogP contribution in [0.2, 0.25) is 10.0 Å². The maximum Gasteiger partial charge on any atom is 0.303 e. The molecule has 8 heteroatoms. The van der Waals surface area contributed by atoms with Gasteiger partial charge in [-0.05, 0) is 111 Å². The number of hydrogen-bond acceptors (Lipinski definition) is 4. The number of aliphatic carboxylic acids is 1. The molecule has 1 aliphatic heterocycles.